The van der Waals surface area contributed by atoms with E-state index in [0.717, 1.165) is 11.3 Å². The second-order valence-electron chi connectivity index (χ2n) is 4.88. The maximum absolute atomic E-state index is 12.0. The van der Waals surface area contributed by atoms with Crippen molar-refractivity contribution in [3.05, 3.63) is 29.8 Å². The van der Waals surface area contributed by atoms with Crippen molar-refractivity contribution in [1.82, 2.24) is 5.32 Å². The first kappa shape index (κ1) is 16.0. The molecule has 0 aromatic heterocycles. The van der Waals surface area contributed by atoms with Gasteiger partial charge in [0.1, 0.15) is 5.75 Å². The Morgan fingerprint density at radius 2 is 2.05 bits per heavy atom. The van der Waals surface area contributed by atoms with E-state index >= 15 is 0 Å². The molecule has 1 N–H and O–H groups in total. The zero-order chi connectivity index (χ0) is 14.4. The maximum atomic E-state index is 12.0. The van der Waals surface area contributed by atoms with Crippen LogP contribution in [0.4, 0.5) is 0 Å². The van der Waals surface area contributed by atoms with E-state index in [1.165, 1.54) is 0 Å². The Kier molecular flexibility index (Phi) is 6.35. The summed E-state index contributed by atoms with van der Waals surface area (Å²) in [6.45, 7) is 8.60. The van der Waals surface area contributed by atoms with E-state index in [0.29, 0.717) is 6.61 Å². The average Bonchev–Trinajstić information content (AvgIpc) is 2.38. The minimum Gasteiger partial charge on any atom is -0.494 e. The summed E-state index contributed by atoms with van der Waals surface area (Å²) in [4.78, 5) is 11.8. The third kappa shape index (κ3) is 4.86. The lowest BCUT2D eigenvalue weighted by atomic mass is 10.1. The van der Waals surface area contributed by atoms with Gasteiger partial charge in [0.05, 0.1) is 17.5 Å². The summed E-state index contributed by atoms with van der Waals surface area (Å²) in [6.07, 6.45) is 0. The SMILES string of the molecule is CCOc1cccc([C@@H](C)NC(=O)[C@H](Br)C(C)C)c1. The van der Waals surface area contributed by atoms with E-state index in [1.54, 1.807) is 0 Å². The fourth-order valence-electron chi connectivity index (χ4n) is 1.72. The van der Waals surface area contributed by atoms with Crippen LogP contribution in [0.1, 0.15) is 39.3 Å². The van der Waals surface area contributed by atoms with E-state index in [-0.39, 0.29) is 22.7 Å². The van der Waals surface area contributed by atoms with Crippen molar-refractivity contribution >= 4 is 21.8 Å². The molecule has 106 valence electrons. The van der Waals surface area contributed by atoms with Crippen molar-refractivity contribution < 1.29 is 9.53 Å². The lowest BCUT2D eigenvalue weighted by molar-refractivity contribution is -0.121. The molecule has 0 spiro atoms. The van der Waals surface area contributed by atoms with Crippen LogP contribution in [0.3, 0.4) is 0 Å². The molecule has 19 heavy (non-hydrogen) atoms. The van der Waals surface area contributed by atoms with Crippen LogP contribution in [0.5, 0.6) is 5.75 Å². The van der Waals surface area contributed by atoms with Crippen molar-refractivity contribution in [2.75, 3.05) is 6.61 Å². The Bertz CT molecular complexity index is 420. The summed E-state index contributed by atoms with van der Waals surface area (Å²) in [5.74, 6) is 1.12. The van der Waals surface area contributed by atoms with Gasteiger partial charge >= 0.3 is 0 Å². The van der Waals surface area contributed by atoms with Crippen LogP contribution in [0.25, 0.3) is 0 Å². The second kappa shape index (κ2) is 7.53. The van der Waals surface area contributed by atoms with Crippen molar-refractivity contribution in [3.8, 4) is 5.75 Å². The summed E-state index contributed by atoms with van der Waals surface area (Å²) in [6, 6.07) is 7.78. The third-order valence-electron chi connectivity index (χ3n) is 2.86. The second-order valence-corrected chi connectivity index (χ2v) is 5.87. The van der Waals surface area contributed by atoms with Gasteiger partial charge in [-0.05, 0) is 37.5 Å². The Labute approximate surface area is 123 Å². The highest BCUT2D eigenvalue weighted by molar-refractivity contribution is 9.10. The number of rotatable bonds is 6. The summed E-state index contributed by atoms with van der Waals surface area (Å²) in [5.41, 5.74) is 1.04. The Morgan fingerprint density at radius 3 is 2.63 bits per heavy atom. The standard InChI is InChI=1S/C15H22BrNO2/c1-5-19-13-8-6-7-12(9-13)11(4)17-15(18)14(16)10(2)3/h6-11,14H,5H2,1-4H3,(H,17,18)/t11-,14-/m1/s1. The number of alkyl halides is 1. The molecule has 0 aliphatic rings. The highest BCUT2D eigenvalue weighted by Gasteiger charge is 2.20. The normalized spacial score (nSPS) is 14.0. The van der Waals surface area contributed by atoms with Gasteiger partial charge in [-0.15, -0.1) is 0 Å². The van der Waals surface area contributed by atoms with Crippen LogP contribution in [0.2, 0.25) is 0 Å². The zero-order valence-corrected chi connectivity index (χ0v) is 13.5. The molecule has 0 saturated carbocycles. The highest BCUT2D eigenvalue weighted by atomic mass is 79.9. The van der Waals surface area contributed by atoms with Gasteiger partial charge < -0.3 is 10.1 Å². The van der Waals surface area contributed by atoms with Crippen molar-refractivity contribution in [3.63, 3.8) is 0 Å². The molecule has 0 unspecified atom stereocenters. The Hall–Kier alpha value is -1.03. The zero-order valence-electron chi connectivity index (χ0n) is 11.9. The van der Waals surface area contributed by atoms with Gasteiger partial charge in [0.15, 0.2) is 0 Å². The number of halogens is 1. The molecule has 1 aromatic rings. The number of nitrogens with one attached hydrogen (secondary N) is 1. The molecule has 0 saturated heterocycles. The molecule has 1 aromatic carbocycles. The summed E-state index contributed by atoms with van der Waals surface area (Å²) in [5, 5.41) is 3.01. The first-order valence-corrected chi connectivity index (χ1v) is 7.54. The number of carbonyl (C=O) groups excluding carboxylic acids is 1. The molecule has 2 atom stereocenters. The van der Waals surface area contributed by atoms with E-state index in [2.05, 4.69) is 21.2 Å². The Morgan fingerprint density at radius 1 is 1.37 bits per heavy atom. The molecule has 4 heteroatoms. The first-order chi connectivity index (χ1) is 8.95. The number of amides is 1. The molecule has 0 aliphatic heterocycles. The van der Waals surface area contributed by atoms with Crippen LogP contribution in [-0.2, 0) is 4.79 Å². The van der Waals surface area contributed by atoms with Crippen molar-refractivity contribution in [2.24, 2.45) is 5.92 Å². The van der Waals surface area contributed by atoms with Crippen LogP contribution in [-0.4, -0.2) is 17.3 Å². The van der Waals surface area contributed by atoms with Gasteiger partial charge in [-0.25, -0.2) is 0 Å². The minimum absolute atomic E-state index is 0.0179. The summed E-state index contributed by atoms with van der Waals surface area (Å²) in [7, 11) is 0. The smallest absolute Gasteiger partial charge is 0.234 e. The fourth-order valence-corrected chi connectivity index (χ4v) is 1.85. The lowest BCUT2D eigenvalue weighted by Crippen LogP contribution is -2.35. The van der Waals surface area contributed by atoms with Crippen LogP contribution in [0.15, 0.2) is 24.3 Å². The lowest BCUT2D eigenvalue weighted by Gasteiger charge is -2.19. The third-order valence-corrected chi connectivity index (χ3v) is 4.34. The molecule has 1 amide bonds. The number of hydrogen-bond donors (Lipinski definition) is 1. The fraction of sp³-hybridized carbons (Fsp3) is 0.533. The van der Waals surface area contributed by atoms with E-state index in [9.17, 15) is 4.79 Å². The number of hydrogen-bond acceptors (Lipinski definition) is 2. The molecule has 3 nitrogen and oxygen atoms in total. The molecular weight excluding hydrogens is 306 g/mol. The van der Waals surface area contributed by atoms with Crippen LogP contribution in [0, 0.1) is 5.92 Å². The molecule has 0 fully saturated rings. The van der Waals surface area contributed by atoms with Crippen LogP contribution < -0.4 is 10.1 Å². The topological polar surface area (TPSA) is 38.3 Å². The van der Waals surface area contributed by atoms with E-state index in [1.807, 2.05) is 52.0 Å². The minimum atomic E-state index is -0.162. The largest absolute Gasteiger partial charge is 0.494 e. The molecule has 1 rings (SSSR count). The van der Waals surface area contributed by atoms with Crippen LogP contribution >= 0.6 is 15.9 Å². The first-order valence-electron chi connectivity index (χ1n) is 6.63. The molecule has 0 heterocycles. The van der Waals surface area contributed by atoms with Gasteiger partial charge in [-0.2, -0.15) is 0 Å². The van der Waals surface area contributed by atoms with Gasteiger partial charge in [0, 0.05) is 0 Å². The predicted octanol–water partition coefficient (Wildman–Crippen LogP) is 3.68. The van der Waals surface area contributed by atoms with Gasteiger partial charge in [0.25, 0.3) is 0 Å². The van der Waals surface area contributed by atoms with Crippen molar-refractivity contribution in [2.45, 2.75) is 38.6 Å². The van der Waals surface area contributed by atoms with Gasteiger partial charge in [-0.1, -0.05) is 41.9 Å². The molecular formula is C15H22BrNO2. The molecule has 0 radical (unpaired) electrons. The average molecular weight is 328 g/mol. The molecule has 0 bridgehead atoms. The number of ether oxygens (including phenoxy) is 1. The quantitative estimate of drug-likeness (QED) is 0.809. The highest BCUT2D eigenvalue weighted by Crippen LogP contribution is 2.20. The van der Waals surface area contributed by atoms with E-state index in [4.69, 9.17) is 4.74 Å². The monoisotopic (exact) mass is 327 g/mol. The summed E-state index contributed by atoms with van der Waals surface area (Å²) >= 11 is 3.41. The Balaban J connectivity index is 2.69. The maximum Gasteiger partial charge on any atom is 0.234 e. The molecule has 0 aliphatic carbocycles. The van der Waals surface area contributed by atoms with Gasteiger partial charge in [0.2, 0.25) is 5.91 Å². The van der Waals surface area contributed by atoms with E-state index < -0.39 is 0 Å². The number of benzene rings is 1. The predicted molar refractivity (Wildman–Crippen MR) is 81.7 cm³/mol. The number of carbonyl (C=O) groups is 1. The van der Waals surface area contributed by atoms with Crippen molar-refractivity contribution in [1.29, 1.82) is 0 Å². The summed E-state index contributed by atoms with van der Waals surface area (Å²) < 4.78 is 5.47. The van der Waals surface area contributed by atoms with Gasteiger partial charge in [-0.3, -0.25) is 4.79 Å².